The Kier molecular flexibility index (Phi) is 5.46. The highest BCUT2D eigenvalue weighted by molar-refractivity contribution is 5.77. The van der Waals surface area contributed by atoms with Gasteiger partial charge in [0.05, 0.1) is 30.9 Å². The lowest BCUT2D eigenvalue weighted by atomic mass is 10.1. The molecule has 4 rings (SSSR count). The average Bonchev–Trinajstić information content (AvgIpc) is 3.15. The molecule has 1 N–H and O–H groups in total. The van der Waals surface area contributed by atoms with E-state index in [2.05, 4.69) is 32.1 Å². The van der Waals surface area contributed by atoms with E-state index in [0.717, 1.165) is 32.2 Å². The Morgan fingerprint density at radius 1 is 1.30 bits per heavy atom. The van der Waals surface area contributed by atoms with Crippen LogP contribution in [0.5, 0.6) is 0 Å². The highest BCUT2D eigenvalue weighted by Crippen LogP contribution is 2.20. The van der Waals surface area contributed by atoms with Crippen LogP contribution in [0, 0.1) is 29.0 Å². The van der Waals surface area contributed by atoms with Crippen LogP contribution in [0.3, 0.4) is 0 Å². The van der Waals surface area contributed by atoms with E-state index in [0.29, 0.717) is 29.1 Å². The summed E-state index contributed by atoms with van der Waals surface area (Å²) in [5.74, 6) is 6.09. The number of nitrogens with zero attached hydrogens (tertiary/aromatic N) is 6. The van der Waals surface area contributed by atoms with E-state index in [1.54, 1.807) is 13.1 Å². The van der Waals surface area contributed by atoms with E-state index in [1.165, 1.54) is 16.8 Å². The maximum atomic E-state index is 13.4. The number of nitrogens with one attached hydrogen (secondary N) is 1. The second kappa shape index (κ2) is 8.36. The molecule has 0 bridgehead atoms. The maximum Gasteiger partial charge on any atom is 0.293 e. The molecule has 0 unspecified atom stereocenters. The summed E-state index contributed by atoms with van der Waals surface area (Å²) in [6.45, 7) is 5.40. The number of piperazine rings is 1. The van der Waals surface area contributed by atoms with Crippen LogP contribution in [0.2, 0.25) is 0 Å². The molecule has 2 aromatic heterocycles. The number of benzene rings is 1. The lowest BCUT2D eigenvalue weighted by Gasteiger charge is -2.28. The minimum absolute atomic E-state index is 0.0611. The first-order chi connectivity index (χ1) is 14.6. The van der Waals surface area contributed by atoms with Crippen LogP contribution < -0.4 is 15.8 Å². The van der Waals surface area contributed by atoms with E-state index in [-0.39, 0.29) is 17.7 Å². The van der Waals surface area contributed by atoms with Crippen molar-refractivity contribution in [2.24, 2.45) is 0 Å². The van der Waals surface area contributed by atoms with Gasteiger partial charge >= 0.3 is 0 Å². The lowest BCUT2D eigenvalue weighted by Crippen LogP contribution is -2.44. The van der Waals surface area contributed by atoms with E-state index in [1.807, 2.05) is 10.6 Å². The van der Waals surface area contributed by atoms with Crippen molar-refractivity contribution in [3.63, 3.8) is 0 Å². The Hall–Kier alpha value is -3.69. The summed E-state index contributed by atoms with van der Waals surface area (Å²) in [7, 11) is 0. The van der Waals surface area contributed by atoms with Crippen molar-refractivity contribution in [1.82, 2.24) is 24.6 Å². The molecule has 30 heavy (non-hydrogen) atoms. The second-order valence-corrected chi connectivity index (χ2v) is 6.92. The van der Waals surface area contributed by atoms with Gasteiger partial charge in [0.15, 0.2) is 0 Å². The molecule has 1 aliphatic rings. The summed E-state index contributed by atoms with van der Waals surface area (Å²) < 4.78 is 16.5. The summed E-state index contributed by atoms with van der Waals surface area (Å²) in [6.07, 6.45) is 1.55. The van der Waals surface area contributed by atoms with Crippen molar-refractivity contribution >= 4 is 17.0 Å². The van der Waals surface area contributed by atoms with Crippen LogP contribution in [0.25, 0.3) is 11.0 Å². The molecule has 1 fully saturated rings. The lowest BCUT2D eigenvalue weighted by molar-refractivity contribution is 0.572. The van der Waals surface area contributed by atoms with Crippen LogP contribution in [0.15, 0.2) is 29.2 Å². The third kappa shape index (κ3) is 3.63. The van der Waals surface area contributed by atoms with Crippen LogP contribution in [0.1, 0.15) is 18.1 Å². The van der Waals surface area contributed by atoms with E-state index >= 15 is 0 Å². The molecule has 1 aliphatic heterocycles. The number of nitriles is 1. The molecule has 3 heterocycles. The zero-order chi connectivity index (χ0) is 21.1. The predicted octanol–water partition coefficient (Wildman–Crippen LogP) is 1.08. The van der Waals surface area contributed by atoms with Gasteiger partial charge in [0.2, 0.25) is 5.95 Å². The van der Waals surface area contributed by atoms with Crippen LogP contribution >= 0.6 is 0 Å². The Balaban J connectivity index is 1.82. The van der Waals surface area contributed by atoms with E-state index in [4.69, 9.17) is 0 Å². The molecule has 0 radical (unpaired) electrons. The molecule has 1 saturated heterocycles. The second-order valence-electron chi connectivity index (χ2n) is 6.92. The number of halogens is 1. The first-order valence-corrected chi connectivity index (χ1v) is 9.62. The molecule has 0 saturated carbocycles. The number of hydrogen-bond acceptors (Lipinski definition) is 6. The third-order valence-corrected chi connectivity index (χ3v) is 5.06. The first kappa shape index (κ1) is 19.6. The van der Waals surface area contributed by atoms with Crippen molar-refractivity contribution in [1.29, 1.82) is 5.26 Å². The fourth-order valence-electron chi connectivity index (χ4n) is 3.55. The van der Waals surface area contributed by atoms with Gasteiger partial charge < -0.3 is 10.2 Å². The highest BCUT2D eigenvalue weighted by atomic mass is 19.1. The minimum Gasteiger partial charge on any atom is -0.340 e. The monoisotopic (exact) mass is 405 g/mol. The summed E-state index contributed by atoms with van der Waals surface area (Å²) >= 11 is 0. The van der Waals surface area contributed by atoms with Gasteiger partial charge in [-0.25, -0.2) is 14.1 Å². The fourth-order valence-corrected chi connectivity index (χ4v) is 3.55. The molecule has 8 nitrogen and oxygen atoms in total. The normalized spacial score (nSPS) is 13.7. The summed E-state index contributed by atoms with van der Waals surface area (Å²) in [6, 6.07) is 5.89. The molecule has 0 spiro atoms. The molecule has 0 amide bonds. The summed E-state index contributed by atoms with van der Waals surface area (Å²) in [5.41, 5.74) is 1.29. The minimum atomic E-state index is -0.497. The van der Waals surface area contributed by atoms with Crippen molar-refractivity contribution in [2.75, 3.05) is 31.1 Å². The number of rotatable bonds is 4. The van der Waals surface area contributed by atoms with Crippen LogP contribution in [-0.2, 0) is 13.1 Å². The number of anilines is 1. The van der Waals surface area contributed by atoms with Crippen molar-refractivity contribution in [2.45, 2.75) is 20.0 Å². The topological polar surface area (TPSA) is 91.8 Å². The summed E-state index contributed by atoms with van der Waals surface area (Å²) in [5, 5.41) is 16.8. The molecular formula is C21H20FN7O. The molecule has 0 atom stereocenters. The van der Waals surface area contributed by atoms with Crippen LogP contribution in [0.4, 0.5) is 10.3 Å². The van der Waals surface area contributed by atoms with Crippen molar-refractivity contribution < 1.29 is 4.39 Å². The van der Waals surface area contributed by atoms with E-state index < -0.39 is 5.82 Å². The SMILES string of the molecule is CC#CCn1c(N2CCNCC2)nc2cnn(Cc3ccc(F)cc3C#N)c(=O)c21. The zero-order valence-corrected chi connectivity index (χ0v) is 16.5. The Bertz CT molecular complexity index is 1250. The Morgan fingerprint density at radius 2 is 2.10 bits per heavy atom. The Morgan fingerprint density at radius 3 is 2.83 bits per heavy atom. The average molecular weight is 405 g/mol. The van der Waals surface area contributed by atoms with Crippen molar-refractivity contribution in [3.8, 4) is 17.9 Å². The van der Waals surface area contributed by atoms with Gasteiger partial charge in [-0.1, -0.05) is 12.0 Å². The van der Waals surface area contributed by atoms with E-state index in [9.17, 15) is 14.4 Å². The van der Waals surface area contributed by atoms with Gasteiger partial charge in [-0.05, 0) is 24.6 Å². The molecule has 1 aromatic carbocycles. The highest BCUT2D eigenvalue weighted by Gasteiger charge is 2.21. The smallest absolute Gasteiger partial charge is 0.293 e. The molecule has 3 aromatic rings. The molecule has 9 heteroatoms. The number of fused-ring (bicyclic) bond motifs is 1. The maximum absolute atomic E-state index is 13.4. The third-order valence-electron chi connectivity index (χ3n) is 5.06. The van der Waals surface area contributed by atoms with Gasteiger partial charge in [0.25, 0.3) is 5.56 Å². The van der Waals surface area contributed by atoms with Crippen molar-refractivity contribution in [3.05, 3.63) is 51.7 Å². The zero-order valence-electron chi connectivity index (χ0n) is 16.5. The number of imidazole rings is 1. The number of hydrogen-bond donors (Lipinski definition) is 1. The van der Waals surface area contributed by atoms with Crippen LogP contribution in [-0.4, -0.2) is 45.5 Å². The largest absolute Gasteiger partial charge is 0.340 e. The summed E-state index contributed by atoms with van der Waals surface area (Å²) in [4.78, 5) is 20.1. The number of aromatic nitrogens is 4. The molecule has 152 valence electrons. The molecular weight excluding hydrogens is 385 g/mol. The standard InChI is InChI=1S/C21H20FN7O/c1-2-3-8-28-19-18(26-21(28)27-9-6-24-7-10-27)13-25-29(20(19)30)14-15-4-5-17(22)11-16(15)12-23/h4-5,11,13,24H,6-10,14H2,1H3. The van der Waals surface area contributed by atoms with Gasteiger partial charge in [0.1, 0.15) is 16.9 Å². The molecule has 0 aliphatic carbocycles. The van der Waals surface area contributed by atoms with Gasteiger partial charge in [0, 0.05) is 26.2 Å². The Labute approximate surface area is 172 Å². The quantitative estimate of drug-likeness (QED) is 0.654. The fraction of sp³-hybridized carbons (Fsp3) is 0.333. The first-order valence-electron chi connectivity index (χ1n) is 9.62. The predicted molar refractivity (Wildman–Crippen MR) is 111 cm³/mol. The van der Waals surface area contributed by atoms with Gasteiger partial charge in [-0.15, -0.1) is 5.92 Å². The van der Waals surface area contributed by atoms with Gasteiger partial charge in [-0.2, -0.15) is 10.4 Å². The van der Waals surface area contributed by atoms with Gasteiger partial charge in [-0.3, -0.25) is 9.36 Å².